The third-order valence-electron chi connectivity index (χ3n) is 5.02. The highest BCUT2D eigenvalue weighted by atomic mass is 19.4. The molecular weight excluding hydrogens is 305 g/mol. The van der Waals surface area contributed by atoms with Gasteiger partial charge in [0, 0.05) is 26.2 Å². The lowest BCUT2D eigenvalue weighted by Gasteiger charge is -2.24. The van der Waals surface area contributed by atoms with Crippen LogP contribution in [-0.2, 0) is 11.0 Å². The molecule has 1 amide bonds. The summed E-state index contributed by atoms with van der Waals surface area (Å²) in [4.78, 5) is 14.6. The van der Waals surface area contributed by atoms with Crippen LogP contribution in [0.4, 0.5) is 13.2 Å². The number of benzene rings is 1. The minimum absolute atomic E-state index is 0.0405. The molecule has 3 rings (SSSR count). The van der Waals surface area contributed by atoms with Gasteiger partial charge in [0.2, 0.25) is 5.91 Å². The van der Waals surface area contributed by atoms with E-state index in [1.807, 2.05) is 11.8 Å². The Bertz CT molecular complexity index is 575. The second kappa shape index (κ2) is 6.15. The molecule has 1 aromatic carbocycles. The summed E-state index contributed by atoms with van der Waals surface area (Å²) in [5.74, 6) is 0.432. The third-order valence-corrected chi connectivity index (χ3v) is 5.02. The van der Waals surface area contributed by atoms with Crippen LogP contribution in [0.25, 0.3) is 0 Å². The first-order valence-corrected chi connectivity index (χ1v) is 8.06. The van der Waals surface area contributed by atoms with E-state index in [4.69, 9.17) is 0 Å². The lowest BCUT2D eigenvalue weighted by molar-refractivity contribution is -0.138. The largest absolute Gasteiger partial charge is 0.416 e. The van der Waals surface area contributed by atoms with Gasteiger partial charge in [-0.1, -0.05) is 25.1 Å². The number of likely N-dealkylation sites (tertiary alicyclic amines) is 1. The molecule has 0 bridgehead atoms. The molecule has 3 nitrogen and oxygen atoms in total. The lowest BCUT2D eigenvalue weighted by atomic mass is 9.93. The van der Waals surface area contributed by atoms with Gasteiger partial charge in [0.15, 0.2) is 0 Å². The number of halogens is 3. The van der Waals surface area contributed by atoms with Crippen LogP contribution < -0.4 is 5.32 Å². The average Bonchev–Trinajstić information content (AvgIpc) is 3.08. The van der Waals surface area contributed by atoms with Crippen molar-refractivity contribution in [1.82, 2.24) is 10.2 Å². The highest BCUT2D eigenvalue weighted by Crippen LogP contribution is 2.34. The molecule has 6 heteroatoms. The van der Waals surface area contributed by atoms with Crippen LogP contribution in [0.5, 0.6) is 0 Å². The van der Waals surface area contributed by atoms with Crippen LogP contribution in [0.2, 0.25) is 0 Å². The third kappa shape index (κ3) is 3.22. The molecule has 2 fully saturated rings. The van der Waals surface area contributed by atoms with E-state index in [0.29, 0.717) is 36.9 Å². The zero-order valence-electron chi connectivity index (χ0n) is 13.1. The van der Waals surface area contributed by atoms with Gasteiger partial charge in [-0.25, -0.2) is 0 Å². The van der Waals surface area contributed by atoms with Gasteiger partial charge in [0.05, 0.1) is 11.5 Å². The number of carbonyl (C=O) groups excluding carboxylic acids is 1. The molecule has 3 atom stereocenters. The van der Waals surface area contributed by atoms with Crippen molar-refractivity contribution in [2.75, 3.05) is 26.2 Å². The molecule has 2 aliphatic heterocycles. The van der Waals surface area contributed by atoms with E-state index in [2.05, 4.69) is 5.32 Å². The Labute approximate surface area is 133 Å². The van der Waals surface area contributed by atoms with Crippen LogP contribution >= 0.6 is 0 Å². The summed E-state index contributed by atoms with van der Waals surface area (Å²) in [5, 5.41) is 3.32. The van der Waals surface area contributed by atoms with Gasteiger partial charge in [0.25, 0.3) is 0 Å². The number of hydrogen-bond acceptors (Lipinski definition) is 2. The Morgan fingerprint density at radius 2 is 1.96 bits per heavy atom. The van der Waals surface area contributed by atoms with Crippen LogP contribution in [0.1, 0.15) is 30.4 Å². The molecule has 0 radical (unpaired) electrons. The van der Waals surface area contributed by atoms with Gasteiger partial charge >= 0.3 is 6.18 Å². The summed E-state index contributed by atoms with van der Waals surface area (Å²) in [6.07, 6.45) is -3.88. The zero-order valence-corrected chi connectivity index (χ0v) is 13.1. The van der Waals surface area contributed by atoms with E-state index in [-0.39, 0.29) is 5.91 Å². The number of nitrogens with one attached hydrogen (secondary N) is 1. The molecule has 1 N–H and O–H groups in total. The standard InChI is InChI=1S/C17H21F3N2O/c1-2-15(11-4-3-5-14(6-11)17(18,19)20)16(23)22-9-12-7-21-8-13(12)10-22/h3-6,12-13,15,21H,2,7-10H2,1H3/t12-,13+,15?. The van der Waals surface area contributed by atoms with Gasteiger partial charge in [-0.15, -0.1) is 0 Å². The molecule has 23 heavy (non-hydrogen) atoms. The molecular formula is C17H21F3N2O. The lowest BCUT2D eigenvalue weighted by Crippen LogP contribution is -2.35. The second-order valence-corrected chi connectivity index (χ2v) is 6.51. The summed E-state index contributed by atoms with van der Waals surface area (Å²) < 4.78 is 38.7. The summed E-state index contributed by atoms with van der Waals surface area (Å²) in [6.45, 7) is 5.13. The Morgan fingerprint density at radius 3 is 2.52 bits per heavy atom. The Kier molecular flexibility index (Phi) is 4.36. The summed E-state index contributed by atoms with van der Waals surface area (Å²) in [5.41, 5.74) is -0.230. The quantitative estimate of drug-likeness (QED) is 0.926. The maximum absolute atomic E-state index is 12.9. The van der Waals surface area contributed by atoms with Crippen molar-refractivity contribution in [3.05, 3.63) is 35.4 Å². The molecule has 2 saturated heterocycles. The molecule has 0 spiro atoms. The molecule has 0 saturated carbocycles. The van der Waals surface area contributed by atoms with Gasteiger partial charge < -0.3 is 10.2 Å². The summed E-state index contributed by atoms with van der Waals surface area (Å²) >= 11 is 0. The first kappa shape index (κ1) is 16.3. The number of rotatable bonds is 3. The molecule has 126 valence electrons. The monoisotopic (exact) mass is 326 g/mol. The fourth-order valence-corrected chi connectivity index (χ4v) is 3.74. The van der Waals surface area contributed by atoms with Gasteiger partial charge in [0.1, 0.15) is 0 Å². The van der Waals surface area contributed by atoms with E-state index in [0.717, 1.165) is 25.2 Å². The van der Waals surface area contributed by atoms with Crippen molar-refractivity contribution in [3.8, 4) is 0 Å². The summed E-state index contributed by atoms with van der Waals surface area (Å²) in [6, 6.07) is 5.17. The molecule has 0 aliphatic carbocycles. The fourth-order valence-electron chi connectivity index (χ4n) is 3.74. The highest BCUT2D eigenvalue weighted by Gasteiger charge is 2.40. The number of amides is 1. The van der Waals surface area contributed by atoms with Gasteiger partial charge in [-0.05, 0) is 29.9 Å². The van der Waals surface area contributed by atoms with Crippen LogP contribution in [0, 0.1) is 11.8 Å². The summed E-state index contributed by atoms with van der Waals surface area (Å²) in [7, 11) is 0. The second-order valence-electron chi connectivity index (χ2n) is 6.51. The zero-order chi connectivity index (χ0) is 16.6. The first-order chi connectivity index (χ1) is 10.9. The van der Waals surface area contributed by atoms with Crippen molar-refractivity contribution >= 4 is 5.91 Å². The maximum atomic E-state index is 12.9. The van der Waals surface area contributed by atoms with Crippen LogP contribution in [0.3, 0.4) is 0 Å². The SMILES string of the molecule is CCC(C(=O)N1C[C@H]2CNC[C@H]2C1)c1cccc(C(F)(F)F)c1. The fraction of sp³-hybridized carbons (Fsp3) is 0.588. The Hall–Kier alpha value is -1.56. The minimum atomic E-state index is -4.38. The van der Waals surface area contributed by atoms with E-state index < -0.39 is 17.7 Å². The van der Waals surface area contributed by atoms with Gasteiger partial charge in [-0.3, -0.25) is 4.79 Å². The van der Waals surface area contributed by atoms with Crippen LogP contribution in [-0.4, -0.2) is 37.0 Å². The number of alkyl halides is 3. The van der Waals surface area contributed by atoms with E-state index in [1.165, 1.54) is 6.07 Å². The van der Waals surface area contributed by atoms with Crippen LogP contribution in [0.15, 0.2) is 24.3 Å². The average molecular weight is 326 g/mol. The molecule has 0 aromatic heterocycles. The number of fused-ring (bicyclic) bond motifs is 1. The molecule has 1 unspecified atom stereocenters. The van der Waals surface area contributed by atoms with E-state index in [1.54, 1.807) is 6.07 Å². The normalized spacial score (nSPS) is 25.5. The highest BCUT2D eigenvalue weighted by molar-refractivity contribution is 5.84. The maximum Gasteiger partial charge on any atom is 0.416 e. The number of nitrogens with zero attached hydrogens (tertiary/aromatic N) is 1. The minimum Gasteiger partial charge on any atom is -0.341 e. The smallest absolute Gasteiger partial charge is 0.341 e. The predicted molar refractivity (Wildman–Crippen MR) is 80.9 cm³/mol. The molecule has 1 aromatic rings. The van der Waals surface area contributed by atoms with Crippen molar-refractivity contribution in [3.63, 3.8) is 0 Å². The van der Waals surface area contributed by atoms with Crippen molar-refractivity contribution in [1.29, 1.82) is 0 Å². The van der Waals surface area contributed by atoms with Crippen molar-refractivity contribution < 1.29 is 18.0 Å². The van der Waals surface area contributed by atoms with E-state index in [9.17, 15) is 18.0 Å². The van der Waals surface area contributed by atoms with Crippen molar-refractivity contribution in [2.45, 2.75) is 25.4 Å². The number of carbonyl (C=O) groups is 1. The Balaban J connectivity index is 1.78. The number of hydrogen-bond donors (Lipinski definition) is 1. The van der Waals surface area contributed by atoms with Crippen molar-refractivity contribution in [2.24, 2.45) is 11.8 Å². The topological polar surface area (TPSA) is 32.3 Å². The molecule has 2 aliphatic rings. The first-order valence-electron chi connectivity index (χ1n) is 8.06. The van der Waals surface area contributed by atoms with E-state index >= 15 is 0 Å². The molecule has 2 heterocycles. The Morgan fingerprint density at radius 1 is 1.30 bits per heavy atom. The van der Waals surface area contributed by atoms with Gasteiger partial charge in [-0.2, -0.15) is 13.2 Å². The predicted octanol–water partition coefficient (Wildman–Crippen LogP) is 2.88.